The Morgan fingerprint density at radius 3 is 2.91 bits per heavy atom. The van der Waals surface area contributed by atoms with Gasteiger partial charge in [-0.2, -0.15) is 0 Å². The molecule has 5 nitrogen and oxygen atoms in total. The van der Waals surface area contributed by atoms with Gasteiger partial charge in [0.1, 0.15) is 5.75 Å². The number of methoxy groups -OCH3 is 1. The van der Waals surface area contributed by atoms with Crippen molar-refractivity contribution in [3.05, 3.63) is 64.7 Å². The lowest BCUT2D eigenvalue weighted by atomic mass is 10.2. The Morgan fingerprint density at radius 2 is 2.22 bits per heavy atom. The largest absolute Gasteiger partial charge is 0.494 e. The smallest absolute Gasteiger partial charge is 0.291 e. The number of benzene rings is 1. The summed E-state index contributed by atoms with van der Waals surface area (Å²) in [7, 11) is 1.55. The van der Waals surface area contributed by atoms with Gasteiger partial charge >= 0.3 is 0 Å². The lowest BCUT2D eigenvalue weighted by Crippen LogP contribution is -2.11. The summed E-state index contributed by atoms with van der Waals surface area (Å²) >= 11 is 1.61. The van der Waals surface area contributed by atoms with Crippen molar-refractivity contribution in [1.82, 2.24) is 0 Å². The third-order valence-electron chi connectivity index (χ3n) is 3.06. The number of nitrogens with zero attached hydrogens (tertiary/aromatic N) is 1. The van der Waals surface area contributed by atoms with Gasteiger partial charge in [-0.25, -0.2) is 0 Å². The monoisotopic (exact) mass is 326 g/mol. The molecule has 2 aromatic heterocycles. The Bertz CT molecular complexity index is 808. The minimum absolute atomic E-state index is 0.242. The van der Waals surface area contributed by atoms with E-state index in [-0.39, 0.29) is 11.7 Å². The van der Waals surface area contributed by atoms with E-state index in [2.05, 4.69) is 10.3 Å². The molecular weight excluding hydrogens is 312 g/mol. The van der Waals surface area contributed by atoms with Gasteiger partial charge < -0.3 is 14.5 Å². The molecule has 3 rings (SSSR count). The van der Waals surface area contributed by atoms with E-state index in [4.69, 9.17) is 9.15 Å². The molecule has 0 saturated heterocycles. The van der Waals surface area contributed by atoms with E-state index >= 15 is 0 Å². The molecule has 0 saturated carbocycles. The third-order valence-corrected chi connectivity index (χ3v) is 3.87. The second-order valence-corrected chi connectivity index (χ2v) is 5.57. The molecule has 116 valence electrons. The molecule has 1 amide bonds. The van der Waals surface area contributed by atoms with Gasteiger partial charge in [0.15, 0.2) is 5.76 Å². The number of amides is 1. The minimum atomic E-state index is -0.330. The number of thiophene rings is 1. The fourth-order valence-electron chi connectivity index (χ4n) is 1.96. The maximum atomic E-state index is 12.0. The van der Waals surface area contributed by atoms with Crippen LogP contribution in [0.15, 0.2) is 63.5 Å². The molecule has 1 aromatic carbocycles. The van der Waals surface area contributed by atoms with E-state index in [0.29, 0.717) is 11.4 Å². The maximum absolute atomic E-state index is 12.0. The summed E-state index contributed by atoms with van der Waals surface area (Å²) in [5.74, 6) is 0.445. The van der Waals surface area contributed by atoms with Crippen LogP contribution in [0.3, 0.4) is 0 Å². The molecule has 0 atom stereocenters. The number of hydrogen-bond acceptors (Lipinski definition) is 5. The highest BCUT2D eigenvalue weighted by molar-refractivity contribution is 7.11. The van der Waals surface area contributed by atoms with E-state index in [1.165, 1.54) is 6.26 Å². The summed E-state index contributed by atoms with van der Waals surface area (Å²) in [6.07, 6.45) is 3.25. The zero-order valence-electron chi connectivity index (χ0n) is 12.4. The number of aliphatic imine (C=N–C) groups is 1. The van der Waals surface area contributed by atoms with Gasteiger partial charge in [0.25, 0.3) is 5.91 Å². The van der Waals surface area contributed by atoms with Crippen molar-refractivity contribution in [1.29, 1.82) is 0 Å². The third kappa shape index (κ3) is 3.67. The average Bonchev–Trinajstić information content (AvgIpc) is 3.27. The van der Waals surface area contributed by atoms with E-state index in [1.54, 1.807) is 48.9 Å². The van der Waals surface area contributed by atoms with E-state index in [0.717, 1.165) is 10.6 Å². The number of hydrogen-bond donors (Lipinski definition) is 1. The molecule has 0 spiro atoms. The quantitative estimate of drug-likeness (QED) is 0.709. The zero-order chi connectivity index (χ0) is 16.1. The summed E-state index contributed by atoms with van der Waals surface area (Å²) in [6, 6.07) is 12.5. The molecule has 6 heteroatoms. The fourth-order valence-corrected chi connectivity index (χ4v) is 2.54. The van der Waals surface area contributed by atoms with E-state index < -0.39 is 0 Å². The van der Waals surface area contributed by atoms with Gasteiger partial charge in [-0.15, -0.1) is 11.3 Å². The first-order valence-electron chi connectivity index (χ1n) is 6.87. The first kappa shape index (κ1) is 15.1. The lowest BCUT2D eigenvalue weighted by molar-refractivity contribution is 0.0996. The van der Waals surface area contributed by atoms with E-state index in [1.807, 2.05) is 23.6 Å². The Balaban J connectivity index is 1.78. The van der Waals surface area contributed by atoms with Crippen LogP contribution in [0.1, 0.15) is 15.4 Å². The number of anilines is 1. The Kier molecular flexibility index (Phi) is 4.54. The first-order chi connectivity index (χ1) is 11.3. The van der Waals surface area contributed by atoms with Crippen LogP contribution in [0.5, 0.6) is 5.75 Å². The lowest BCUT2D eigenvalue weighted by Gasteiger charge is -2.09. The van der Waals surface area contributed by atoms with Crippen molar-refractivity contribution in [2.45, 2.75) is 0 Å². The topological polar surface area (TPSA) is 63.8 Å². The SMILES string of the molecule is COc1cc(N=Cc2cccs2)ccc1NC(=O)c1ccco1. The van der Waals surface area contributed by atoms with Crippen molar-refractivity contribution < 1.29 is 13.9 Å². The van der Waals surface area contributed by atoms with Crippen molar-refractivity contribution in [3.63, 3.8) is 0 Å². The van der Waals surface area contributed by atoms with Gasteiger partial charge in [-0.1, -0.05) is 6.07 Å². The van der Waals surface area contributed by atoms with Crippen LogP contribution in [-0.2, 0) is 0 Å². The molecule has 0 radical (unpaired) electrons. The maximum Gasteiger partial charge on any atom is 0.291 e. The van der Waals surface area contributed by atoms with Gasteiger partial charge in [-0.3, -0.25) is 9.79 Å². The normalized spacial score (nSPS) is 10.8. The zero-order valence-corrected chi connectivity index (χ0v) is 13.2. The molecule has 1 N–H and O–H groups in total. The molecule has 0 aliphatic heterocycles. The molecule has 0 aliphatic carbocycles. The van der Waals surface area contributed by atoms with Crippen LogP contribution < -0.4 is 10.1 Å². The molecule has 23 heavy (non-hydrogen) atoms. The summed E-state index contributed by atoms with van der Waals surface area (Å²) in [6.45, 7) is 0. The van der Waals surface area contributed by atoms with Crippen LogP contribution in [0.2, 0.25) is 0 Å². The number of rotatable bonds is 5. The van der Waals surface area contributed by atoms with Gasteiger partial charge in [0, 0.05) is 17.2 Å². The summed E-state index contributed by atoms with van der Waals surface area (Å²) in [4.78, 5) is 17.5. The van der Waals surface area contributed by atoms with Crippen LogP contribution in [0.4, 0.5) is 11.4 Å². The predicted octanol–water partition coefficient (Wildman–Crippen LogP) is 4.35. The van der Waals surface area contributed by atoms with E-state index in [9.17, 15) is 4.79 Å². The standard InChI is InChI=1S/C17H14N2O3S/c1-21-16-10-12(18-11-13-4-3-9-23-13)6-7-14(16)19-17(20)15-5-2-8-22-15/h2-11H,1H3,(H,19,20). The summed E-state index contributed by atoms with van der Waals surface area (Å²) in [5.41, 5.74) is 1.30. The number of carbonyl (C=O) groups excluding carboxylic acids is 1. The number of carbonyl (C=O) groups is 1. The molecule has 0 bridgehead atoms. The molecule has 0 aliphatic rings. The highest BCUT2D eigenvalue weighted by atomic mass is 32.1. The molecular formula is C17H14N2O3S. The van der Waals surface area contributed by atoms with Crippen molar-refractivity contribution in [2.75, 3.05) is 12.4 Å². The highest BCUT2D eigenvalue weighted by Crippen LogP contribution is 2.29. The molecule has 0 fully saturated rings. The van der Waals surface area contributed by atoms with Crippen LogP contribution in [-0.4, -0.2) is 19.2 Å². The van der Waals surface area contributed by atoms with Crippen LogP contribution in [0, 0.1) is 0 Å². The predicted molar refractivity (Wildman–Crippen MR) is 91.2 cm³/mol. The molecule has 3 aromatic rings. The molecule has 2 heterocycles. The Hall–Kier alpha value is -2.86. The average molecular weight is 326 g/mol. The number of nitrogens with one attached hydrogen (secondary N) is 1. The Labute approximate surface area is 137 Å². The summed E-state index contributed by atoms with van der Waals surface area (Å²) in [5, 5.41) is 4.75. The minimum Gasteiger partial charge on any atom is -0.494 e. The highest BCUT2D eigenvalue weighted by Gasteiger charge is 2.12. The van der Waals surface area contributed by atoms with Crippen molar-refractivity contribution >= 4 is 34.8 Å². The number of ether oxygens (including phenoxy) is 1. The number of furan rings is 1. The van der Waals surface area contributed by atoms with Gasteiger partial charge in [0.05, 0.1) is 24.7 Å². The van der Waals surface area contributed by atoms with Crippen molar-refractivity contribution in [3.8, 4) is 5.75 Å². The van der Waals surface area contributed by atoms with Gasteiger partial charge in [0.2, 0.25) is 0 Å². The summed E-state index contributed by atoms with van der Waals surface area (Å²) < 4.78 is 10.4. The Morgan fingerprint density at radius 1 is 1.30 bits per heavy atom. The van der Waals surface area contributed by atoms with Gasteiger partial charge in [-0.05, 0) is 35.7 Å². The molecule has 0 unspecified atom stereocenters. The van der Waals surface area contributed by atoms with Crippen molar-refractivity contribution in [2.24, 2.45) is 4.99 Å². The first-order valence-corrected chi connectivity index (χ1v) is 7.75. The van der Waals surface area contributed by atoms with Crippen LogP contribution in [0.25, 0.3) is 0 Å². The fraction of sp³-hybridized carbons (Fsp3) is 0.0588. The second-order valence-electron chi connectivity index (χ2n) is 4.59. The van der Waals surface area contributed by atoms with Crippen LogP contribution >= 0.6 is 11.3 Å². The second kappa shape index (κ2) is 6.93.